The number of unbranched alkanes of at least 4 members (excludes halogenated alkanes) is 4. The molecule has 0 unspecified atom stereocenters. The summed E-state index contributed by atoms with van der Waals surface area (Å²) in [6, 6.07) is 0. The number of rotatable bonds is 16. The largest absolute Gasteiger partial charge is 0.291 e. The van der Waals surface area contributed by atoms with Crippen LogP contribution in [0.3, 0.4) is 0 Å². The summed E-state index contributed by atoms with van der Waals surface area (Å²) in [4.78, 5) is 20.3. The van der Waals surface area contributed by atoms with Gasteiger partial charge in [-0.1, -0.05) is 62.0 Å². The summed E-state index contributed by atoms with van der Waals surface area (Å²) in [6.07, 6.45) is 29.1. The second-order valence-electron chi connectivity index (χ2n) is 5.88. The van der Waals surface area contributed by atoms with Crippen molar-refractivity contribution in [2.24, 2.45) is 0 Å². The molecule has 0 N–H and O–H groups in total. The van der Waals surface area contributed by atoms with Gasteiger partial charge in [-0.05, 0) is 51.0 Å². The second kappa shape index (κ2) is 19.1. The Morgan fingerprint density at radius 2 is 1.38 bits per heavy atom. The van der Waals surface area contributed by atoms with Crippen molar-refractivity contribution in [3.63, 3.8) is 0 Å². The highest BCUT2D eigenvalue weighted by Crippen LogP contribution is 2.04. The third-order valence-electron chi connectivity index (χ3n) is 3.72. The van der Waals surface area contributed by atoms with Crippen molar-refractivity contribution in [1.82, 2.24) is 0 Å². The molecule has 0 heterocycles. The number of nitrogens with zero attached hydrogens (tertiary/aromatic N) is 1. The lowest BCUT2D eigenvalue weighted by Gasteiger charge is -1.92. The highest BCUT2D eigenvalue weighted by molar-refractivity contribution is 5.50. The van der Waals surface area contributed by atoms with Gasteiger partial charge >= 0.3 is 0 Å². The van der Waals surface area contributed by atoms with Gasteiger partial charge in [0.2, 0.25) is 5.70 Å². The molecular formula is C22H32NO3. The van der Waals surface area contributed by atoms with E-state index in [4.69, 9.17) is 0 Å². The molecule has 0 atom stereocenters. The van der Waals surface area contributed by atoms with Crippen LogP contribution in [-0.4, -0.2) is 11.2 Å². The van der Waals surface area contributed by atoms with Crippen LogP contribution in [-0.2, 0) is 4.79 Å². The SMILES string of the molecule is CC/C(=C\C/C=C\C/C=C\C/C=C\C/C=C\CCCCC[C]=O)[N+](=O)[O-]. The Morgan fingerprint density at radius 1 is 0.846 bits per heavy atom. The fourth-order valence-corrected chi connectivity index (χ4v) is 2.22. The quantitative estimate of drug-likeness (QED) is 0.139. The lowest BCUT2D eigenvalue weighted by molar-refractivity contribution is -0.427. The number of hydrogen-bond donors (Lipinski definition) is 0. The average molecular weight is 359 g/mol. The Labute approximate surface area is 158 Å². The maximum Gasteiger partial charge on any atom is 0.242 e. The minimum atomic E-state index is -0.315. The molecule has 0 aromatic rings. The van der Waals surface area contributed by atoms with Gasteiger partial charge in [-0.25, -0.2) is 0 Å². The minimum Gasteiger partial charge on any atom is -0.291 e. The Kier molecular flexibility index (Phi) is 17.5. The van der Waals surface area contributed by atoms with Crippen LogP contribution < -0.4 is 0 Å². The number of hydrogen-bond acceptors (Lipinski definition) is 3. The predicted molar refractivity (Wildman–Crippen MR) is 109 cm³/mol. The van der Waals surface area contributed by atoms with Crippen LogP contribution in [0.2, 0.25) is 0 Å². The van der Waals surface area contributed by atoms with E-state index in [1.807, 2.05) is 18.4 Å². The predicted octanol–water partition coefficient (Wildman–Crippen LogP) is 6.40. The summed E-state index contributed by atoms with van der Waals surface area (Å²) in [6.45, 7) is 1.79. The van der Waals surface area contributed by atoms with E-state index in [9.17, 15) is 14.9 Å². The Morgan fingerprint density at radius 3 is 1.88 bits per heavy atom. The van der Waals surface area contributed by atoms with Gasteiger partial charge in [-0.15, -0.1) is 0 Å². The summed E-state index contributed by atoms with van der Waals surface area (Å²) >= 11 is 0. The molecule has 0 aliphatic carbocycles. The van der Waals surface area contributed by atoms with Gasteiger partial charge in [0.1, 0.15) is 0 Å². The number of allylic oxidation sites excluding steroid dienone is 10. The molecule has 26 heavy (non-hydrogen) atoms. The fraction of sp³-hybridized carbons (Fsp3) is 0.500. The van der Waals surface area contributed by atoms with Crippen molar-refractivity contribution in [2.45, 2.75) is 71.1 Å². The summed E-state index contributed by atoms with van der Waals surface area (Å²) in [5.41, 5.74) is 0.279. The van der Waals surface area contributed by atoms with Crippen molar-refractivity contribution >= 4 is 6.29 Å². The Balaban J connectivity index is 3.62. The van der Waals surface area contributed by atoms with Crippen LogP contribution >= 0.6 is 0 Å². The van der Waals surface area contributed by atoms with E-state index in [0.717, 1.165) is 44.9 Å². The molecule has 0 rings (SSSR count). The highest BCUT2D eigenvalue weighted by atomic mass is 16.6. The van der Waals surface area contributed by atoms with Crippen LogP contribution in [0.15, 0.2) is 60.4 Å². The van der Waals surface area contributed by atoms with E-state index >= 15 is 0 Å². The van der Waals surface area contributed by atoms with Crippen molar-refractivity contribution in [3.8, 4) is 0 Å². The highest BCUT2D eigenvalue weighted by Gasteiger charge is 2.03. The van der Waals surface area contributed by atoms with Gasteiger partial charge in [0.05, 0.1) is 4.92 Å². The standard InChI is InChI=1S/C22H32NO3/c1-2-22(23(25)26)20-18-16-14-12-10-8-6-4-3-5-7-9-11-13-15-17-19-21-24/h3-4,7-10,14,16,20H,2,5-6,11-13,15,17-19H2,1H3/b4-3-,9-7-,10-8-,16-14-,22-20+. The molecule has 4 nitrogen and oxygen atoms in total. The zero-order chi connectivity index (χ0) is 19.3. The van der Waals surface area contributed by atoms with Crippen LogP contribution in [0.5, 0.6) is 0 Å². The molecule has 1 radical (unpaired) electrons. The first-order valence-corrected chi connectivity index (χ1v) is 9.50. The molecule has 143 valence electrons. The molecule has 0 saturated carbocycles. The van der Waals surface area contributed by atoms with Crippen molar-refractivity contribution in [3.05, 3.63) is 70.5 Å². The van der Waals surface area contributed by atoms with Crippen LogP contribution in [0.4, 0.5) is 0 Å². The molecule has 4 heteroatoms. The summed E-state index contributed by atoms with van der Waals surface area (Å²) in [5, 5.41) is 10.6. The van der Waals surface area contributed by atoms with E-state index in [0.29, 0.717) is 19.3 Å². The maximum atomic E-state index is 10.6. The van der Waals surface area contributed by atoms with E-state index in [1.165, 1.54) is 0 Å². The molecule has 0 aliphatic heterocycles. The van der Waals surface area contributed by atoms with Crippen molar-refractivity contribution in [2.75, 3.05) is 0 Å². The summed E-state index contributed by atoms with van der Waals surface area (Å²) < 4.78 is 0. The van der Waals surface area contributed by atoms with E-state index < -0.39 is 0 Å². The van der Waals surface area contributed by atoms with Gasteiger partial charge in [-0.2, -0.15) is 0 Å². The Bertz CT molecular complexity index is 513. The summed E-state index contributed by atoms with van der Waals surface area (Å²) in [5.74, 6) is 0. The zero-order valence-electron chi connectivity index (χ0n) is 15.9. The first-order valence-electron chi connectivity index (χ1n) is 9.50. The second-order valence-corrected chi connectivity index (χ2v) is 5.88. The summed E-state index contributed by atoms with van der Waals surface area (Å²) in [7, 11) is 0. The number of carbonyl (C=O) groups excluding carboxylic acids is 1. The molecule has 0 saturated heterocycles. The van der Waals surface area contributed by atoms with Crippen molar-refractivity contribution < 1.29 is 9.72 Å². The average Bonchev–Trinajstić information content (AvgIpc) is 2.63. The smallest absolute Gasteiger partial charge is 0.242 e. The lowest BCUT2D eigenvalue weighted by Crippen LogP contribution is -1.96. The molecule has 0 bridgehead atoms. The minimum absolute atomic E-state index is 0.279. The van der Waals surface area contributed by atoms with Crippen LogP contribution in [0.25, 0.3) is 0 Å². The fourth-order valence-electron chi connectivity index (χ4n) is 2.22. The third kappa shape index (κ3) is 16.6. The van der Waals surface area contributed by atoms with Gasteiger partial charge in [0, 0.05) is 12.8 Å². The van der Waals surface area contributed by atoms with Crippen LogP contribution in [0.1, 0.15) is 71.1 Å². The van der Waals surface area contributed by atoms with E-state index in [2.05, 4.69) is 36.5 Å². The lowest BCUT2D eigenvalue weighted by atomic mass is 10.1. The molecule has 0 aliphatic rings. The monoisotopic (exact) mass is 358 g/mol. The normalized spacial score (nSPS) is 12.9. The van der Waals surface area contributed by atoms with E-state index in [-0.39, 0.29) is 10.6 Å². The first kappa shape index (κ1) is 23.8. The molecule has 0 amide bonds. The van der Waals surface area contributed by atoms with Gasteiger partial charge in [0.25, 0.3) is 0 Å². The van der Waals surface area contributed by atoms with Gasteiger partial charge in [-0.3, -0.25) is 14.9 Å². The van der Waals surface area contributed by atoms with Gasteiger partial charge < -0.3 is 0 Å². The maximum absolute atomic E-state index is 10.6. The topological polar surface area (TPSA) is 60.2 Å². The first-order chi connectivity index (χ1) is 12.7. The third-order valence-corrected chi connectivity index (χ3v) is 3.72. The zero-order valence-corrected chi connectivity index (χ0v) is 15.9. The van der Waals surface area contributed by atoms with Gasteiger partial charge in [0.15, 0.2) is 6.29 Å². The van der Waals surface area contributed by atoms with Crippen molar-refractivity contribution in [1.29, 1.82) is 0 Å². The number of nitro groups is 1. The Hall–Kier alpha value is -2.23. The molecule has 0 fully saturated rings. The molecular weight excluding hydrogens is 326 g/mol. The van der Waals surface area contributed by atoms with E-state index in [1.54, 1.807) is 13.0 Å². The molecule has 0 spiro atoms. The van der Waals surface area contributed by atoms with Crippen LogP contribution in [0, 0.1) is 10.1 Å². The molecule has 0 aromatic carbocycles. The molecule has 0 aromatic heterocycles.